The van der Waals surface area contributed by atoms with Gasteiger partial charge in [0.15, 0.2) is 10.7 Å². The molecule has 0 bridgehead atoms. The van der Waals surface area contributed by atoms with Crippen LogP contribution in [0.5, 0.6) is 0 Å². The van der Waals surface area contributed by atoms with Crippen molar-refractivity contribution in [2.24, 2.45) is 0 Å². The number of aromatic nitrogens is 1. The van der Waals surface area contributed by atoms with E-state index in [2.05, 4.69) is 0 Å². The lowest BCUT2D eigenvalue weighted by Gasteiger charge is -2.33. The maximum absolute atomic E-state index is 16.3. The van der Waals surface area contributed by atoms with Gasteiger partial charge >= 0.3 is 6.97 Å². The minimum atomic E-state index is -4.03. The Hall–Kier alpha value is -2.86. The van der Waals surface area contributed by atoms with E-state index in [0.29, 0.717) is 22.1 Å². The molecule has 0 unspecified atom stereocenters. The Kier molecular flexibility index (Phi) is 5.01. The quantitative estimate of drug-likeness (QED) is 0.404. The molecule has 3 aromatic rings. The SMILES string of the molecule is CCc1c(C)c2n(c1C)[B-](F)(F)[N+]1=C(Sc3ccc(C)cc3)C=CC1=C2c1ccccc1. The molecule has 32 heavy (non-hydrogen) atoms. The lowest BCUT2D eigenvalue weighted by Crippen LogP contribution is -2.51. The third kappa shape index (κ3) is 3.04. The Morgan fingerprint density at radius 1 is 0.938 bits per heavy atom. The highest BCUT2D eigenvalue weighted by Crippen LogP contribution is 2.44. The van der Waals surface area contributed by atoms with Gasteiger partial charge in [-0.1, -0.05) is 55.0 Å². The van der Waals surface area contributed by atoms with Crippen molar-refractivity contribution >= 4 is 29.3 Å². The van der Waals surface area contributed by atoms with Crippen molar-refractivity contribution in [1.82, 2.24) is 4.48 Å². The number of allylic oxidation sites excluding steroid dienone is 1. The van der Waals surface area contributed by atoms with E-state index in [-0.39, 0.29) is 0 Å². The number of nitrogens with zero attached hydrogens (tertiary/aromatic N) is 2. The minimum absolute atomic E-state index is 0.553. The molecular formula is C26H25BF2N2S. The summed E-state index contributed by atoms with van der Waals surface area (Å²) in [7, 11) is 0. The molecule has 0 amide bonds. The molecule has 2 aliphatic rings. The number of hydrogen-bond acceptors (Lipinski definition) is 1. The fraction of sp³-hybridized carbons (Fsp3) is 0.192. The second-order valence-corrected chi connectivity index (χ2v) is 9.53. The standard InChI is InChI=1S/C26H25BF2N2S/c1-5-22-18(3)26-25(20-9-7-6-8-10-20)23-15-16-24(32-21-13-11-17(2)12-14-21)31(23)27(28,29)30(26)19(22)4/h6-16H,5H2,1-4H3. The molecule has 6 heteroatoms. The number of fused-ring (bicyclic) bond motifs is 2. The molecule has 0 saturated heterocycles. The van der Waals surface area contributed by atoms with Crippen LogP contribution in [0.15, 0.2) is 77.3 Å². The summed E-state index contributed by atoms with van der Waals surface area (Å²) in [5, 5.41) is 0.553. The van der Waals surface area contributed by atoms with Crippen LogP contribution in [0.1, 0.15) is 40.6 Å². The Balaban J connectivity index is 1.80. The van der Waals surface area contributed by atoms with Gasteiger partial charge < -0.3 is 17.6 Å². The van der Waals surface area contributed by atoms with Gasteiger partial charge in [0.1, 0.15) is 0 Å². The highest BCUT2D eigenvalue weighted by atomic mass is 32.2. The van der Waals surface area contributed by atoms with Crippen molar-refractivity contribution in [2.45, 2.75) is 39.0 Å². The zero-order valence-corrected chi connectivity index (χ0v) is 19.5. The number of thioether (sulfide) groups is 1. The van der Waals surface area contributed by atoms with Crippen LogP contribution in [0, 0.1) is 20.8 Å². The Labute approximate surface area is 192 Å². The van der Waals surface area contributed by atoms with Crippen LogP contribution in [0.4, 0.5) is 8.63 Å². The number of halogens is 2. The lowest BCUT2D eigenvalue weighted by molar-refractivity contribution is -0.358. The minimum Gasteiger partial charge on any atom is -0.393 e. The van der Waals surface area contributed by atoms with Crippen molar-refractivity contribution in [3.63, 3.8) is 0 Å². The average molecular weight is 446 g/mol. The van der Waals surface area contributed by atoms with Gasteiger partial charge in [-0.15, -0.1) is 0 Å². The first-order valence-electron chi connectivity index (χ1n) is 11.0. The lowest BCUT2D eigenvalue weighted by atomic mass is 9.85. The largest absolute Gasteiger partial charge is 0.738 e. The molecule has 1 aromatic heterocycles. The molecule has 2 aliphatic heterocycles. The molecule has 2 nitrogen and oxygen atoms in total. The first kappa shape index (κ1) is 21.0. The van der Waals surface area contributed by atoms with Gasteiger partial charge in [0.2, 0.25) is 0 Å². The Bertz CT molecular complexity index is 1320. The predicted molar refractivity (Wildman–Crippen MR) is 131 cm³/mol. The number of benzene rings is 2. The van der Waals surface area contributed by atoms with E-state index in [0.717, 1.165) is 39.1 Å². The monoisotopic (exact) mass is 446 g/mol. The number of hydrogen-bond donors (Lipinski definition) is 0. The summed E-state index contributed by atoms with van der Waals surface area (Å²) in [6, 6.07) is 17.9. The summed E-state index contributed by atoms with van der Waals surface area (Å²) >= 11 is 1.39. The summed E-state index contributed by atoms with van der Waals surface area (Å²) in [5.74, 6) is 0. The molecule has 0 fully saturated rings. The molecule has 0 radical (unpaired) electrons. The van der Waals surface area contributed by atoms with Crippen molar-refractivity contribution in [3.8, 4) is 0 Å². The van der Waals surface area contributed by atoms with Gasteiger partial charge in [-0.25, -0.2) is 0 Å². The van der Waals surface area contributed by atoms with Crippen LogP contribution in [-0.2, 0) is 6.42 Å². The van der Waals surface area contributed by atoms with Crippen molar-refractivity contribution in [3.05, 3.63) is 106 Å². The van der Waals surface area contributed by atoms with Gasteiger partial charge in [0.25, 0.3) is 0 Å². The summed E-state index contributed by atoms with van der Waals surface area (Å²) < 4.78 is 35.2. The van der Waals surface area contributed by atoms with Gasteiger partial charge in [0, 0.05) is 22.7 Å². The molecule has 3 heterocycles. The summed E-state index contributed by atoms with van der Waals surface area (Å²) in [5.41, 5.74) is 6.81. The Morgan fingerprint density at radius 2 is 1.62 bits per heavy atom. The smallest absolute Gasteiger partial charge is 0.393 e. The molecule has 0 N–H and O–H groups in total. The summed E-state index contributed by atoms with van der Waals surface area (Å²) in [6.07, 6.45) is 4.41. The van der Waals surface area contributed by atoms with Crippen LogP contribution in [0.25, 0.3) is 5.57 Å². The maximum Gasteiger partial charge on any atom is 0.738 e. The summed E-state index contributed by atoms with van der Waals surface area (Å²) in [4.78, 5) is 0.949. The second-order valence-electron chi connectivity index (χ2n) is 8.43. The van der Waals surface area contributed by atoms with E-state index in [1.807, 2.05) is 94.4 Å². The molecule has 0 spiro atoms. The number of rotatable bonds is 3. The second kappa shape index (κ2) is 7.63. The van der Waals surface area contributed by atoms with E-state index < -0.39 is 6.97 Å². The maximum atomic E-state index is 16.3. The summed E-state index contributed by atoms with van der Waals surface area (Å²) in [6.45, 7) is 3.83. The van der Waals surface area contributed by atoms with Gasteiger partial charge in [0.05, 0.1) is 5.57 Å². The molecule has 2 aromatic carbocycles. The van der Waals surface area contributed by atoms with Crippen LogP contribution in [0.3, 0.4) is 0 Å². The van der Waals surface area contributed by atoms with Gasteiger partial charge in [-0.2, -0.15) is 0 Å². The average Bonchev–Trinajstić information content (AvgIpc) is 3.30. The number of aryl methyl sites for hydroxylation is 1. The third-order valence-corrected chi connectivity index (χ3v) is 7.55. The fourth-order valence-electron chi connectivity index (χ4n) is 5.02. The normalized spacial score (nSPS) is 16.6. The van der Waals surface area contributed by atoms with Crippen LogP contribution < -0.4 is 0 Å². The van der Waals surface area contributed by atoms with Crippen molar-refractivity contribution in [1.29, 1.82) is 0 Å². The molecule has 0 saturated carbocycles. The van der Waals surface area contributed by atoms with Crippen molar-refractivity contribution < 1.29 is 13.1 Å². The van der Waals surface area contributed by atoms with Crippen LogP contribution in [0.2, 0.25) is 0 Å². The first-order valence-corrected chi connectivity index (χ1v) is 11.8. The van der Waals surface area contributed by atoms with Gasteiger partial charge in [-0.05, 0) is 73.5 Å². The molecule has 162 valence electrons. The van der Waals surface area contributed by atoms with Crippen LogP contribution >= 0.6 is 11.8 Å². The van der Waals surface area contributed by atoms with E-state index in [1.165, 1.54) is 20.7 Å². The van der Waals surface area contributed by atoms with Crippen molar-refractivity contribution in [2.75, 3.05) is 0 Å². The zero-order valence-electron chi connectivity index (χ0n) is 18.7. The first-order chi connectivity index (χ1) is 15.3. The highest BCUT2D eigenvalue weighted by molar-refractivity contribution is 8.14. The highest BCUT2D eigenvalue weighted by Gasteiger charge is 2.55. The Morgan fingerprint density at radius 3 is 2.28 bits per heavy atom. The molecule has 0 aliphatic carbocycles. The molecular weight excluding hydrogens is 421 g/mol. The van der Waals surface area contributed by atoms with E-state index >= 15 is 8.63 Å². The zero-order chi connectivity index (χ0) is 22.6. The topological polar surface area (TPSA) is 7.94 Å². The van der Waals surface area contributed by atoms with E-state index in [4.69, 9.17) is 0 Å². The van der Waals surface area contributed by atoms with E-state index in [9.17, 15) is 0 Å². The van der Waals surface area contributed by atoms with Crippen LogP contribution in [-0.4, -0.2) is 21.0 Å². The van der Waals surface area contributed by atoms with E-state index in [1.54, 1.807) is 0 Å². The third-order valence-electron chi connectivity index (χ3n) is 6.50. The predicted octanol–water partition coefficient (Wildman–Crippen LogP) is 6.74. The van der Waals surface area contributed by atoms with Gasteiger partial charge in [-0.3, -0.25) is 0 Å². The molecule has 0 atom stereocenters. The fourth-order valence-corrected chi connectivity index (χ4v) is 5.99. The molecule has 5 rings (SSSR count).